The molecule has 7 heteroatoms. The standard InChI is InChI=1S/C8H7BrF3NO2/c9-3-1-6-2-4-13(5-6)15-7(14)8(10,11)12/h6H,2,4-5H2. The topological polar surface area (TPSA) is 29.5 Å². The molecule has 0 aromatic rings. The van der Waals surface area contributed by atoms with Crippen LogP contribution in [0.15, 0.2) is 0 Å². The number of hydrogen-bond donors (Lipinski definition) is 0. The lowest BCUT2D eigenvalue weighted by Gasteiger charge is -2.15. The van der Waals surface area contributed by atoms with E-state index in [0.29, 0.717) is 6.42 Å². The Labute approximate surface area is 92.6 Å². The van der Waals surface area contributed by atoms with Crippen molar-refractivity contribution < 1.29 is 22.8 Å². The maximum absolute atomic E-state index is 11.8. The summed E-state index contributed by atoms with van der Waals surface area (Å²) in [5, 5.41) is 0.984. The highest BCUT2D eigenvalue weighted by atomic mass is 79.9. The molecule has 1 unspecified atom stereocenters. The van der Waals surface area contributed by atoms with E-state index in [0.717, 1.165) is 5.06 Å². The van der Waals surface area contributed by atoms with Crippen LogP contribution >= 0.6 is 15.9 Å². The third-order valence-corrected chi connectivity index (χ3v) is 2.08. The molecule has 0 N–H and O–H groups in total. The van der Waals surface area contributed by atoms with Crippen molar-refractivity contribution in [3.05, 3.63) is 0 Å². The Morgan fingerprint density at radius 1 is 1.53 bits per heavy atom. The van der Waals surface area contributed by atoms with E-state index in [1.807, 2.05) is 0 Å². The molecule has 0 aliphatic carbocycles. The first-order valence-electron chi connectivity index (χ1n) is 4.08. The van der Waals surface area contributed by atoms with Crippen LogP contribution in [0.1, 0.15) is 6.42 Å². The van der Waals surface area contributed by atoms with Gasteiger partial charge in [-0.1, -0.05) is 5.92 Å². The maximum Gasteiger partial charge on any atom is 0.492 e. The van der Waals surface area contributed by atoms with Crippen LogP contribution in [0.3, 0.4) is 0 Å². The van der Waals surface area contributed by atoms with Crippen molar-refractivity contribution in [2.75, 3.05) is 13.1 Å². The van der Waals surface area contributed by atoms with Crippen LogP contribution in [-0.4, -0.2) is 30.3 Å². The fourth-order valence-electron chi connectivity index (χ4n) is 1.18. The van der Waals surface area contributed by atoms with E-state index >= 15 is 0 Å². The van der Waals surface area contributed by atoms with Crippen LogP contribution in [0.2, 0.25) is 0 Å². The largest absolute Gasteiger partial charge is 0.492 e. The first-order chi connectivity index (χ1) is 6.93. The van der Waals surface area contributed by atoms with Gasteiger partial charge in [-0.05, 0) is 11.3 Å². The zero-order valence-electron chi connectivity index (χ0n) is 7.47. The first kappa shape index (κ1) is 12.3. The molecular weight excluding hydrogens is 279 g/mol. The van der Waals surface area contributed by atoms with Gasteiger partial charge >= 0.3 is 12.1 Å². The lowest BCUT2D eigenvalue weighted by Crippen LogP contribution is -2.33. The van der Waals surface area contributed by atoms with E-state index in [1.165, 1.54) is 0 Å². The molecule has 84 valence electrons. The highest BCUT2D eigenvalue weighted by molar-refractivity contribution is 9.12. The van der Waals surface area contributed by atoms with Gasteiger partial charge in [0, 0.05) is 34.9 Å². The van der Waals surface area contributed by atoms with Crippen molar-refractivity contribution in [2.45, 2.75) is 12.6 Å². The fraction of sp³-hybridized carbons (Fsp3) is 0.625. The Kier molecular flexibility index (Phi) is 3.99. The van der Waals surface area contributed by atoms with Crippen molar-refractivity contribution in [2.24, 2.45) is 5.92 Å². The Hall–Kier alpha value is -0.740. The molecular formula is C8H7BrF3NO2. The van der Waals surface area contributed by atoms with Gasteiger partial charge in [-0.25, -0.2) is 4.79 Å². The highest BCUT2D eigenvalue weighted by Crippen LogP contribution is 2.21. The summed E-state index contributed by atoms with van der Waals surface area (Å²) in [6.45, 7) is 0.481. The molecule has 1 rings (SSSR count). The van der Waals surface area contributed by atoms with Crippen LogP contribution in [0.25, 0.3) is 0 Å². The molecule has 0 bridgehead atoms. The SMILES string of the molecule is O=C(ON1CCC(C#CBr)C1)C(F)(F)F. The maximum atomic E-state index is 11.8. The normalized spacial score (nSPS) is 22.0. The Balaban J connectivity index is 2.42. The number of carbonyl (C=O) groups excluding carboxylic acids is 1. The summed E-state index contributed by atoms with van der Waals surface area (Å²) in [6, 6.07) is 0. The highest BCUT2D eigenvalue weighted by Gasteiger charge is 2.43. The summed E-state index contributed by atoms with van der Waals surface area (Å²) >= 11 is 2.89. The number of halogens is 4. The van der Waals surface area contributed by atoms with Gasteiger partial charge in [0.2, 0.25) is 0 Å². The quantitative estimate of drug-likeness (QED) is 0.687. The van der Waals surface area contributed by atoms with E-state index in [4.69, 9.17) is 0 Å². The minimum absolute atomic E-state index is 0.0644. The summed E-state index contributed by atoms with van der Waals surface area (Å²) in [6.07, 6.45) is -4.36. The van der Waals surface area contributed by atoms with Crippen molar-refractivity contribution in [1.82, 2.24) is 5.06 Å². The van der Waals surface area contributed by atoms with Gasteiger partial charge in [0.05, 0.1) is 0 Å². The minimum atomic E-state index is -4.95. The van der Waals surface area contributed by atoms with Crippen molar-refractivity contribution in [3.8, 4) is 10.8 Å². The first-order valence-corrected chi connectivity index (χ1v) is 4.88. The average molecular weight is 286 g/mol. The van der Waals surface area contributed by atoms with Gasteiger partial charge in [-0.15, -0.1) is 5.06 Å². The number of hydroxylamine groups is 2. The monoisotopic (exact) mass is 285 g/mol. The fourth-order valence-corrected chi connectivity index (χ4v) is 1.50. The van der Waals surface area contributed by atoms with Gasteiger partial charge in [0.25, 0.3) is 0 Å². The molecule has 0 radical (unpaired) electrons. The van der Waals surface area contributed by atoms with Crippen LogP contribution in [-0.2, 0) is 9.63 Å². The van der Waals surface area contributed by atoms with E-state index in [9.17, 15) is 18.0 Å². The lowest BCUT2D eigenvalue weighted by atomic mass is 10.1. The summed E-state index contributed by atoms with van der Waals surface area (Å²) in [5.41, 5.74) is 0. The molecule has 0 spiro atoms. The van der Waals surface area contributed by atoms with Crippen molar-refractivity contribution >= 4 is 21.9 Å². The second kappa shape index (κ2) is 4.86. The zero-order valence-corrected chi connectivity index (χ0v) is 9.06. The average Bonchev–Trinajstić information content (AvgIpc) is 2.51. The van der Waals surface area contributed by atoms with E-state index < -0.39 is 12.1 Å². The van der Waals surface area contributed by atoms with Gasteiger partial charge in [0.1, 0.15) is 0 Å². The number of rotatable bonds is 1. The van der Waals surface area contributed by atoms with Crippen LogP contribution in [0.4, 0.5) is 13.2 Å². The molecule has 0 aromatic carbocycles. The number of carbonyl (C=O) groups is 1. The predicted molar refractivity (Wildman–Crippen MR) is 48.5 cm³/mol. The third-order valence-electron chi connectivity index (χ3n) is 1.85. The molecule has 1 fully saturated rings. The molecule has 0 amide bonds. The number of nitrogens with zero attached hydrogens (tertiary/aromatic N) is 1. The van der Waals surface area contributed by atoms with Crippen molar-refractivity contribution in [3.63, 3.8) is 0 Å². The van der Waals surface area contributed by atoms with E-state index in [-0.39, 0.29) is 19.0 Å². The lowest BCUT2D eigenvalue weighted by molar-refractivity contribution is -0.235. The van der Waals surface area contributed by atoms with Crippen LogP contribution < -0.4 is 0 Å². The summed E-state index contributed by atoms with van der Waals surface area (Å²) in [4.78, 5) is 17.1. The van der Waals surface area contributed by atoms with E-state index in [2.05, 4.69) is 31.5 Å². The minimum Gasteiger partial charge on any atom is -0.361 e. The van der Waals surface area contributed by atoms with Gasteiger partial charge in [-0.2, -0.15) is 13.2 Å². The molecule has 1 atom stereocenters. The molecule has 1 aliphatic heterocycles. The van der Waals surface area contributed by atoms with Gasteiger partial charge in [-0.3, -0.25) is 0 Å². The molecule has 0 saturated carbocycles. The number of hydrogen-bond acceptors (Lipinski definition) is 3. The van der Waals surface area contributed by atoms with Crippen LogP contribution in [0, 0.1) is 16.7 Å². The molecule has 0 aromatic heterocycles. The second-order valence-electron chi connectivity index (χ2n) is 2.99. The van der Waals surface area contributed by atoms with Gasteiger partial charge in [0.15, 0.2) is 0 Å². The van der Waals surface area contributed by atoms with Gasteiger partial charge < -0.3 is 4.84 Å². The van der Waals surface area contributed by atoms with E-state index in [1.54, 1.807) is 0 Å². The molecule has 1 aliphatic rings. The predicted octanol–water partition coefficient (Wildman–Crippen LogP) is 1.68. The Bertz CT molecular complexity index is 307. The summed E-state index contributed by atoms with van der Waals surface area (Å²) in [7, 11) is 0. The smallest absolute Gasteiger partial charge is 0.361 e. The van der Waals surface area contributed by atoms with Crippen molar-refractivity contribution in [1.29, 1.82) is 0 Å². The molecule has 15 heavy (non-hydrogen) atoms. The Morgan fingerprint density at radius 2 is 2.20 bits per heavy atom. The Morgan fingerprint density at radius 3 is 2.73 bits per heavy atom. The number of alkyl halides is 3. The zero-order chi connectivity index (χ0) is 11.5. The molecule has 3 nitrogen and oxygen atoms in total. The second-order valence-corrected chi connectivity index (χ2v) is 3.39. The molecule has 1 heterocycles. The van der Waals surface area contributed by atoms with Crippen LogP contribution in [0.5, 0.6) is 0 Å². The summed E-state index contributed by atoms with van der Waals surface area (Å²) < 4.78 is 35.4. The molecule has 1 saturated heterocycles. The third kappa shape index (κ3) is 3.72. The summed E-state index contributed by atoms with van der Waals surface area (Å²) in [5.74, 6) is 0.489.